The molecule has 3 N–H and O–H groups in total. The first-order valence-corrected chi connectivity index (χ1v) is 23.2. The first-order valence-electron chi connectivity index (χ1n) is 20.6. The van der Waals surface area contributed by atoms with Crippen LogP contribution in [0.3, 0.4) is 0 Å². The molecule has 328 valence electrons. The van der Waals surface area contributed by atoms with Crippen molar-refractivity contribution in [2.24, 2.45) is 0 Å². The molecule has 0 spiro atoms. The molecular formula is C48H44ClN5O8S2. The molecule has 1 aromatic heterocycles. The Labute approximate surface area is 380 Å². The van der Waals surface area contributed by atoms with Gasteiger partial charge in [0, 0.05) is 24.5 Å². The zero-order valence-corrected chi connectivity index (χ0v) is 37.5. The molecule has 13 nitrogen and oxygen atoms in total. The molecule has 3 heterocycles. The highest BCUT2D eigenvalue weighted by molar-refractivity contribution is 7.91. The Bertz CT molecular complexity index is 2860. The number of ether oxygens (including phenoxy) is 3. The Balaban J connectivity index is 1.02. The summed E-state index contributed by atoms with van der Waals surface area (Å²) < 4.78 is 49.1. The third-order valence-corrected chi connectivity index (χ3v) is 15.2. The van der Waals surface area contributed by atoms with Crippen molar-refractivity contribution in [1.29, 1.82) is 5.26 Å². The van der Waals surface area contributed by atoms with Gasteiger partial charge in [-0.25, -0.2) is 18.2 Å². The molecular weight excluding hydrogens is 874 g/mol. The summed E-state index contributed by atoms with van der Waals surface area (Å²) in [6.07, 6.45) is -0.578. The van der Waals surface area contributed by atoms with E-state index in [4.69, 9.17) is 31.1 Å². The van der Waals surface area contributed by atoms with Gasteiger partial charge in [0.15, 0.2) is 26.9 Å². The number of carboxylic acids is 1. The van der Waals surface area contributed by atoms with Crippen LogP contribution in [0.4, 0.5) is 5.13 Å². The van der Waals surface area contributed by atoms with Crippen LogP contribution in [0.25, 0.3) is 11.1 Å². The van der Waals surface area contributed by atoms with Gasteiger partial charge < -0.3 is 30.0 Å². The van der Waals surface area contributed by atoms with E-state index in [1.54, 1.807) is 43.3 Å². The largest absolute Gasteiger partial charge is 0.489 e. The van der Waals surface area contributed by atoms with Gasteiger partial charge in [0.2, 0.25) is 5.91 Å². The maximum atomic E-state index is 14.6. The molecule has 0 radical (unpaired) electrons. The number of amides is 1. The van der Waals surface area contributed by atoms with Crippen LogP contribution in [-0.2, 0) is 45.6 Å². The number of carboxylic acid groups (broad SMARTS) is 1. The number of aryl methyl sites for hydroxylation is 2. The van der Waals surface area contributed by atoms with Crippen LogP contribution in [0, 0.1) is 25.2 Å². The normalized spacial score (nSPS) is 16.2. The Morgan fingerprint density at radius 2 is 1.66 bits per heavy atom. The summed E-state index contributed by atoms with van der Waals surface area (Å²) in [5.74, 6) is -0.484. The van der Waals surface area contributed by atoms with E-state index < -0.39 is 40.1 Å². The van der Waals surface area contributed by atoms with Crippen LogP contribution >= 0.6 is 22.9 Å². The molecule has 0 saturated carbocycles. The molecule has 2 aliphatic rings. The Morgan fingerprint density at radius 1 is 0.969 bits per heavy atom. The number of hydrogen-bond donors (Lipinski definition) is 3. The molecule has 0 saturated heterocycles. The number of fused-ring (bicyclic) bond motifs is 2. The highest BCUT2D eigenvalue weighted by atomic mass is 35.5. The lowest BCUT2D eigenvalue weighted by Gasteiger charge is -2.36. The van der Waals surface area contributed by atoms with Crippen LogP contribution in [0.1, 0.15) is 57.7 Å². The second-order valence-electron chi connectivity index (χ2n) is 15.6. The van der Waals surface area contributed by atoms with Crippen molar-refractivity contribution < 1.29 is 37.3 Å². The van der Waals surface area contributed by atoms with Crippen molar-refractivity contribution >= 4 is 50.0 Å². The number of hydrogen-bond acceptors (Lipinski definition) is 11. The Hall–Kier alpha value is -6.44. The first kappa shape index (κ1) is 44.2. The topological polar surface area (TPSA) is 180 Å². The van der Waals surface area contributed by atoms with Gasteiger partial charge in [-0.2, -0.15) is 9.57 Å². The number of thiazole rings is 1. The van der Waals surface area contributed by atoms with E-state index in [2.05, 4.69) is 21.7 Å². The summed E-state index contributed by atoms with van der Waals surface area (Å²) in [5.41, 5.74) is 7.30. The summed E-state index contributed by atoms with van der Waals surface area (Å²) >= 11 is 7.26. The maximum absolute atomic E-state index is 14.6. The molecule has 0 bridgehead atoms. The molecule has 3 atom stereocenters. The van der Waals surface area contributed by atoms with Crippen molar-refractivity contribution in [2.75, 3.05) is 18.5 Å². The van der Waals surface area contributed by atoms with Crippen LogP contribution in [0.5, 0.6) is 17.2 Å². The monoisotopic (exact) mass is 917 g/mol. The molecule has 5 aromatic carbocycles. The van der Waals surface area contributed by atoms with Crippen LogP contribution in [-0.4, -0.2) is 59.9 Å². The molecule has 0 fully saturated rings. The SMILES string of the molecule is CCNc1nc(C)c(S(=O)(=O)N2Cc3cc4c(cc3C[C@H]2C(=O)N[C@@H](Cc2ccc(-c3ccc(C#N)cc3)cc2)C(=O)O)OCC(c2ccc(OCc3ccc(C)c(Cl)c3)cc2)O4)s1. The van der Waals surface area contributed by atoms with Gasteiger partial charge in [0.05, 0.1) is 17.3 Å². The van der Waals surface area contributed by atoms with Gasteiger partial charge >= 0.3 is 5.97 Å². The Kier molecular flexibility index (Phi) is 12.9. The van der Waals surface area contributed by atoms with Gasteiger partial charge in [0.1, 0.15) is 31.0 Å². The van der Waals surface area contributed by atoms with E-state index in [9.17, 15) is 23.1 Å². The fraction of sp³-hybridized carbons (Fsp3) is 0.250. The molecule has 1 unspecified atom stereocenters. The average Bonchev–Trinajstić information content (AvgIpc) is 3.68. The molecule has 2 aliphatic heterocycles. The molecule has 8 rings (SSSR count). The van der Waals surface area contributed by atoms with E-state index in [1.807, 2.05) is 80.6 Å². The minimum Gasteiger partial charge on any atom is -0.489 e. The zero-order valence-electron chi connectivity index (χ0n) is 35.1. The summed E-state index contributed by atoms with van der Waals surface area (Å²) in [6.45, 7) is 6.31. The summed E-state index contributed by atoms with van der Waals surface area (Å²) in [7, 11) is -4.35. The number of benzene rings is 5. The van der Waals surface area contributed by atoms with E-state index >= 15 is 0 Å². The van der Waals surface area contributed by atoms with Gasteiger partial charge in [-0.3, -0.25) is 4.79 Å². The van der Waals surface area contributed by atoms with Gasteiger partial charge in [-0.1, -0.05) is 83.6 Å². The lowest BCUT2D eigenvalue weighted by Crippen LogP contribution is -2.55. The fourth-order valence-electron chi connectivity index (χ4n) is 7.67. The number of nitriles is 1. The van der Waals surface area contributed by atoms with E-state index in [0.717, 1.165) is 43.5 Å². The van der Waals surface area contributed by atoms with Crippen molar-refractivity contribution in [3.05, 3.63) is 153 Å². The van der Waals surface area contributed by atoms with E-state index in [-0.39, 0.29) is 35.9 Å². The third kappa shape index (κ3) is 9.56. The van der Waals surface area contributed by atoms with Crippen LogP contribution < -0.4 is 24.8 Å². The summed E-state index contributed by atoms with van der Waals surface area (Å²) in [6, 6.07) is 30.6. The number of nitrogens with one attached hydrogen (secondary N) is 2. The minimum atomic E-state index is -4.35. The lowest BCUT2D eigenvalue weighted by molar-refractivity contribution is -0.142. The Morgan fingerprint density at radius 3 is 2.33 bits per heavy atom. The molecule has 16 heteroatoms. The highest BCUT2D eigenvalue weighted by Gasteiger charge is 2.43. The molecule has 6 aromatic rings. The number of aromatic nitrogens is 1. The smallest absolute Gasteiger partial charge is 0.326 e. The number of halogens is 1. The number of anilines is 1. The molecule has 1 amide bonds. The fourth-order valence-corrected chi connectivity index (χ4v) is 11.0. The summed E-state index contributed by atoms with van der Waals surface area (Å²) in [5, 5.41) is 26.3. The zero-order chi connectivity index (χ0) is 45.1. The maximum Gasteiger partial charge on any atom is 0.326 e. The van der Waals surface area contributed by atoms with Gasteiger partial charge in [0.25, 0.3) is 10.0 Å². The van der Waals surface area contributed by atoms with Crippen molar-refractivity contribution in [1.82, 2.24) is 14.6 Å². The number of rotatable bonds is 14. The number of aliphatic carboxylic acids is 1. The molecule has 0 aliphatic carbocycles. The van der Waals surface area contributed by atoms with Crippen LogP contribution in [0.2, 0.25) is 5.02 Å². The lowest BCUT2D eigenvalue weighted by atomic mass is 9.94. The standard InChI is InChI=1S/C48H44ClN5O8S2/c1-4-51-48-52-29(3)47(63-48)64(58,59)54-25-37-23-43-42(61-27-44(62-43)35-15-17-38(18-16-35)60-26-32-6-5-28(2)39(49)19-32)22-36(37)21-41(54)45(55)53-40(46(56)57)20-30-7-11-33(12-8-30)34-13-9-31(24-50)10-14-34/h5-19,22-23,40-41,44H,4,20-21,25-27H2,1-3H3,(H,51,52)(H,53,55)(H,56,57)/t40-,41-,44?/m0/s1. The number of carbonyl (C=O) groups excluding carboxylic acids is 1. The van der Waals surface area contributed by atoms with E-state index in [1.165, 1.54) is 0 Å². The minimum absolute atomic E-state index is 0.0189. The quantitative estimate of drug-likeness (QED) is 0.0955. The van der Waals surface area contributed by atoms with Gasteiger partial charge in [-0.05, 0) is 114 Å². The number of sulfonamides is 1. The third-order valence-electron chi connectivity index (χ3n) is 11.2. The highest BCUT2D eigenvalue weighted by Crippen LogP contribution is 2.42. The predicted molar refractivity (Wildman–Crippen MR) is 243 cm³/mol. The van der Waals surface area contributed by atoms with Gasteiger partial charge in [-0.15, -0.1) is 0 Å². The van der Waals surface area contributed by atoms with E-state index in [0.29, 0.717) is 62.8 Å². The predicted octanol–water partition coefficient (Wildman–Crippen LogP) is 8.40. The van der Waals surface area contributed by atoms with Crippen LogP contribution in [0.15, 0.2) is 107 Å². The van der Waals surface area contributed by atoms with Crippen molar-refractivity contribution in [2.45, 2.75) is 69.2 Å². The molecule has 64 heavy (non-hydrogen) atoms. The first-order chi connectivity index (χ1) is 30.8. The second kappa shape index (κ2) is 18.7. The van der Waals surface area contributed by atoms with Crippen molar-refractivity contribution in [3.63, 3.8) is 0 Å². The van der Waals surface area contributed by atoms with Crippen molar-refractivity contribution in [3.8, 4) is 34.4 Å². The summed E-state index contributed by atoms with van der Waals surface area (Å²) in [4.78, 5) is 31.4. The number of carbonyl (C=O) groups is 2. The number of nitrogens with zero attached hydrogens (tertiary/aromatic N) is 3. The average molecular weight is 918 g/mol. The second-order valence-corrected chi connectivity index (χ2v) is 19.1.